The van der Waals surface area contributed by atoms with Gasteiger partial charge in [-0.25, -0.2) is 0 Å². The van der Waals surface area contributed by atoms with Crippen LogP contribution in [0, 0.1) is 20.2 Å². The van der Waals surface area contributed by atoms with Gasteiger partial charge < -0.3 is 5.32 Å². The number of non-ortho nitro benzene ring substituents is 1. The molecule has 2 aromatic rings. The van der Waals surface area contributed by atoms with E-state index in [9.17, 15) is 20.2 Å². The highest BCUT2D eigenvalue weighted by Gasteiger charge is 2.13. The molecule has 0 atom stereocenters. The number of nitro groups is 2. The van der Waals surface area contributed by atoms with Crippen molar-refractivity contribution in [3.05, 3.63) is 73.3 Å². The van der Waals surface area contributed by atoms with Crippen LogP contribution >= 0.6 is 11.6 Å². The largest absolute Gasteiger partial charge is 0.379 e. The molecule has 0 aliphatic carbocycles. The van der Waals surface area contributed by atoms with Crippen molar-refractivity contribution in [2.24, 2.45) is 0 Å². The van der Waals surface area contributed by atoms with Crippen molar-refractivity contribution in [1.82, 2.24) is 0 Å². The first kappa shape index (κ1) is 14.7. The first-order valence-electron chi connectivity index (χ1n) is 5.89. The predicted octanol–water partition coefficient (Wildman–Crippen LogP) is 3.77. The summed E-state index contributed by atoms with van der Waals surface area (Å²) in [4.78, 5) is 20.5. The fourth-order valence-electron chi connectivity index (χ4n) is 1.79. The number of nitro benzene ring substituents is 2. The summed E-state index contributed by atoms with van der Waals surface area (Å²) in [7, 11) is 0. The van der Waals surface area contributed by atoms with E-state index in [0.717, 1.165) is 0 Å². The minimum atomic E-state index is -0.544. The fraction of sp³-hybridized carbons (Fsp3) is 0.0769. The van der Waals surface area contributed by atoms with Crippen LogP contribution in [0.2, 0.25) is 5.02 Å². The van der Waals surface area contributed by atoms with Gasteiger partial charge in [-0.1, -0.05) is 29.8 Å². The number of hydrogen-bond donors (Lipinski definition) is 1. The summed E-state index contributed by atoms with van der Waals surface area (Å²) in [6, 6.07) is 10.3. The third-order valence-electron chi connectivity index (χ3n) is 2.82. The van der Waals surface area contributed by atoms with Crippen LogP contribution in [0.4, 0.5) is 17.1 Å². The molecule has 0 radical (unpaired) electrons. The average molecular weight is 308 g/mol. The lowest BCUT2D eigenvalue weighted by atomic mass is 10.1. The van der Waals surface area contributed by atoms with Gasteiger partial charge >= 0.3 is 0 Å². The zero-order chi connectivity index (χ0) is 15.4. The van der Waals surface area contributed by atoms with Crippen LogP contribution in [-0.2, 0) is 6.54 Å². The first-order valence-corrected chi connectivity index (χ1v) is 6.27. The van der Waals surface area contributed by atoms with Crippen LogP contribution in [0.3, 0.4) is 0 Å². The third kappa shape index (κ3) is 3.46. The van der Waals surface area contributed by atoms with Crippen molar-refractivity contribution in [2.75, 3.05) is 5.32 Å². The second-order valence-electron chi connectivity index (χ2n) is 4.16. The third-order valence-corrected chi connectivity index (χ3v) is 3.13. The van der Waals surface area contributed by atoms with E-state index in [1.54, 1.807) is 18.2 Å². The maximum atomic E-state index is 10.9. The minimum absolute atomic E-state index is 0.00281. The number of benzene rings is 2. The number of para-hydroxylation sites is 1. The molecule has 0 saturated heterocycles. The van der Waals surface area contributed by atoms with E-state index in [0.29, 0.717) is 11.3 Å². The van der Waals surface area contributed by atoms with E-state index in [1.807, 2.05) is 0 Å². The summed E-state index contributed by atoms with van der Waals surface area (Å²) < 4.78 is 0. The molecule has 0 aromatic heterocycles. The van der Waals surface area contributed by atoms with Gasteiger partial charge in [0.05, 0.1) is 20.6 Å². The molecule has 21 heavy (non-hydrogen) atoms. The molecular weight excluding hydrogens is 298 g/mol. The predicted molar refractivity (Wildman–Crippen MR) is 78.5 cm³/mol. The molecule has 1 N–H and O–H groups in total. The van der Waals surface area contributed by atoms with Gasteiger partial charge in [0.2, 0.25) is 0 Å². The molecule has 0 fully saturated rings. The molecule has 0 spiro atoms. The molecule has 2 aromatic carbocycles. The quantitative estimate of drug-likeness (QED) is 0.669. The van der Waals surface area contributed by atoms with E-state index in [-0.39, 0.29) is 22.9 Å². The van der Waals surface area contributed by atoms with Gasteiger partial charge in [0.25, 0.3) is 11.4 Å². The Hall–Kier alpha value is -2.67. The Balaban J connectivity index is 2.17. The minimum Gasteiger partial charge on any atom is -0.379 e. The number of halogens is 1. The maximum absolute atomic E-state index is 10.9. The molecule has 0 unspecified atom stereocenters. The van der Waals surface area contributed by atoms with Gasteiger partial charge in [0.1, 0.15) is 0 Å². The lowest BCUT2D eigenvalue weighted by Crippen LogP contribution is -2.03. The highest BCUT2D eigenvalue weighted by atomic mass is 35.5. The first-order chi connectivity index (χ1) is 9.99. The number of nitrogens with one attached hydrogen (secondary N) is 1. The van der Waals surface area contributed by atoms with Gasteiger partial charge in [-0.3, -0.25) is 20.2 Å². The highest BCUT2D eigenvalue weighted by molar-refractivity contribution is 6.33. The van der Waals surface area contributed by atoms with Crippen molar-refractivity contribution in [1.29, 1.82) is 0 Å². The van der Waals surface area contributed by atoms with E-state index >= 15 is 0 Å². The van der Waals surface area contributed by atoms with Gasteiger partial charge in [-0.05, 0) is 6.07 Å². The van der Waals surface area contributed by atoms with E-state index in [2.05, 4.69) is 5.32 Å². The summed E-state index contributed by atoms with van der Waals surface area (Å²) >= 11 is 5.94. The molecule has 0 heterocycles. The monoisotopic (exact) mass is 307 g/mol. The van der Waals surface area contributed by atoms with Gasteiger partial charge in [-0.2, -0.15) is 0 Å². The number of rotatable bonds is 5. The van der Waals surface area contributed by atoms with Crippen molar-refractivity contribution < 1.29 is 9.85 Å². The van der Waals surface area contributed by atoms with Crippen molar-refractivity contribution in [2.45, 2.75) is 6.54 Å². The van der Waals surface area contributed by atoms with Crippen LogP contribution in [0.25, 0.3) is 0 Å². The summed E-state index contributed by atoms with van der Waals surface area (Å²) in [6.45, 7) is 0.189. The number of hydrogen-bond acceptors (Lipinski definition) is 5. The lowest BCUT2D eigenvalue weighted by molar-refractivity contribution is -0.385. The standard InChI is InChI=1S/C13H10ClN3O4/c14-11-7-10(16(18)19)5-6-12(11)15-8-9-3-1-2-4-13(9)17(20)21/h1-7,15H,8H2. The smallest absolute Gasteiger partial charge is 0.274 e. The fourth-order valence-corrected chi connectivity index (χ4v) is 2.03. The Morgan fingerprint density at radius 2 is 1.76 bits per heavy atom. The molecule has 8 heteroatoms. The topological polar surface area (TPSA) is 98.3 Å². The molecule has 0 aliphatic rings. The molecular formula is C13H10ClN3O4. The Morgan fingerprint density at radius 1 is 1.05 bits per heavy atom. The Labute approximate surface area is 124 Å². The number of anilines is 1. The zero-order valence-corrected chi connectivity index (χ0v) is 11.4. The number of nitrogens with zero attached hydrogens (tertiary/aromatic N) is 2. The van der Waals surface area contributed by atoms with Crippen molar-refractivity contribution in [3.63, 3.8) is 0 Å². The second-order valence-corrected chi connectivity index (χ2v) is 4.57. The van der Waals surface area contributed by atoms with E-state index in [1.165, 1.54) is 24.3 Å². The summed E-state index contributed by atoms with van der Waals surface area (Å²) in [6.07, 6.45) is 0. The maximum Gasteiger partial charge on any atom is 0.274 e. The lowest BCUT2D eigenvalue weighted by Gasteiger charge is -2.08. The molecule has 108 valence electrons. The second kappa shape index (κ2) is 6.19. The van der Waals surface area contributed by atoms with Gasteiger partial charge in [0, 0.05) is 30.3 Å². The van der Waals surface area contributed by atoms with Crippen molar-refractivity contribution >= 4 is 28.7 Å². The van der Waals surface area contributed by atoms with Crippen LogP contribution in [0.15, 0.2) is 42.5 Å². The molecule has 7 nitrogen and oxygen atoms in total. The Kier molecular flexibility index (Phi) is 4.34. The molecule has 0 amide bonds. The molecule has 0 aliphatic heterocycles. The summed E-state index contributed by atoms with van der Waals surface area (Å²) in [5.74, 6) is 0. The average Bonchev–Trinajstić information content (AvgIpc) is 2.46. The van der Waals surface area contributed by atoms with Crippen molar-refractivity contribution in [3.8, 4) is 0 Å². The molecule has 0 saturated carbocycles. The summed E-state index contributed by atoms with van der Waals surface area (Å²) in [5.41, 5.74) is 0.858. The molecule has 2 rings (SSSR count). The Bertz CT molecular complexity index is 706. The van der Waals surface area contributed by atoms with Gasteiger partial charge in [0.15, 0.2) is 0 Å². The van der Waals surface area contributed by atoms with Crippen LogP contribution in [0.1, 0.15) is 5.56 Å². The van der Waals surface area contributed by atoms with Gasteiger partial charge in [-0.15, -0.1) is 0 Å². The SMILES string of the molecule is O=[N+]([O-])c1ccc(NCc2ccccc2[N+](=O)[O-])c(Cl)c1. The van der Waals surface area contributed by atoms with Crippen LogP contribution < -0.4 is 5.32 Å². The van der Waals surface area contributed by atoms with E-state index in [4.69, 9.17) is 11.6 Å². The Morgan fingerprint density at radius 3 is 2.38 bits per heavy atom. The summed E-state index contributed by atoms with van der Waals surface area (Å²) in [5, 5.41) is 24.6. The zero-order valence-electron chi connectivity index (χ0n) is 10.7. The normalized spacial score (nSPS) is 10.1. The highest BCUT2D eigenvalue weighted by Crippen LogP contribution is 2.28. The van der Waals surface area contributed by atoms with Crippen LogP contribution in [0.5, 0.6) is 0 Å². The van der Waals surface area contributed by atoms with Crippen LogP contribution in [-0.4, -0.2) is 9.85 Å². The van der Waals surface area contributed by atoms with E-state index < -0.39 is 9.85 Å². The molecule has 0 bridgehead atoms.